The average molecular weight is 431 g/mol. The molecular weight excluding hydrogens is 412 g/mol. The Balaban J connectivity index is 1.55. The fourth-order valence-corrected chi connectivity index (χ4v) is 4.18. The molecular formula is C20H19F2N5O2S. The summed E-state index contributed by atoms with van der Waals surface area (Å²) in [5.41, 5.74) is 6.92. The Hall–Kier alpha value is -2.95. The summed E-state index contributed by atoms with van der Waals surface area (Å²) in [6.45, 7) is 1.01. The minimum Gasteiger partial charge on any atom is -0.391 e. The van der Waals surface area contributed by atoms with E-state index in [-0.39, 0.29) is 16.3 Å². The molecule has 4 rings (SSSR count). The quantitative estimate of drug-likeness (QED) is 0.587. The molecule has 3 aromatic rings. The van der Waals surface area contributed by atoms with Gasteiger partial charge in [0.25, 0.3) is 5.91 Å². The third kappa shape index (κ3) is 4.02. The summed E-state index contributed by atoms with van der Waals surface area (Å²) in [5.74, 6) is -2.01. The molecule has 1 aliphatic rings. The molecule has 30 heavy (non-hydrogen) atoms. The third-order valence-electron chi connectivity index (χ3n) is 4.92. The number of aliphatic hydroxyl groups is 1. The van der Waals surface area contributed by atoms with Crippen molar-refractivity contribution in [3.8, 4) is 10.6 Å². The number of carbonyl (C=O) groups is 1. The smallest absolute Gasteiger partial charge is 0.275 e. The van der Waals surface area contributed by atoms with Gasteiger partial charge in [0, 0.05) is 30.7 Å². The zero-order valence-corrected chi connectivity index (χ0v) is 16.6. The zero-order valence-electron chi connectivity index (χ0n) is 15.8. The van der Waals surface area contributed by atoms with Gasteiger partial charge in [0.15, 0.2) is 0 Å². The van der Waals surface area contributed by atoms with E-state index in [0.29, 0.717) is 25.2 Å². The first-order chi connectivity index (χ1) is 14.4. The summed E-state index contributed by atoms with van der Waals surface area (Å²) in [5, 5.41) is 14.1. The number of hydrogen-bond donors (Lipinski definition) is 3. The molecule has 3 heterocycles. The van der Waals surface area contributed by atoms with Crippen LogP contribution >= 0.6 is 11.3 Å². The van der Waals surface area contributed by atoms with Gasteiger partial charge in [-0.05, 0) is 24.6 Å². The summed E-state index contributed by atoms with van der Waals surface area (Å²) in [7, 11) is 0. The van der Waals surface area contributed by atoms with Crippen LogP contribution in [-0.4, -0.2) is 46.2 Å². The lowest BCUT2D eigenvalue weighted by molar-refractivity contribution is 0.102. The lowest BCUT2D eigenvalue weighted by Crippen LogP contribution is -2.51. The van der Waals surface area contributed by atoms with Crippen LogP contribution in [0.2, 0.25) is 0 Å². The molecule has 4 N–H and O–H groups in total. The molecule has 0 bridgehead atoms. The summed E-state index contributed by atoms with van der Waals surface area (Å²) in [6, 6.07) is 4.91. The molecule has 1 saturated heterocycles. The van der Waals surface area contributed by atoms with Crippen molar-refractivity contribution in [2.45, 2.75) is 18.6 Å². The molecule has 2 atom stereocenters. The van der Waals surface area contributed by atoms with Gasteiger partial charge < -0.3 is 21.1 Å². The lowest BCUT2D eigenvalue weighted by atomic mass is 10.0. The third-order valence-corrected chi connectivity index (χ3v) is 5.78. The second kappa shape index (κ2) is 8.42. The highest BCUT2D eigenvalue weighted by molar-refractivity contribution is 7.13. The number of anilines is 2. The molecule has 0 radical (unpaired) electrons. The minimum atomic E-state index is -0.741. The van der Waals surface area contributed by atoms with Gasteiger partial charge in [-0.1, -0.05) is 6.07 Å². The van der Waals surface area contributed by atoms with E-state index in [1.54, 1.807) is 12.3 Å². The number of halogens is 2. The topological polar surface area (TPSA) is 104 Å². The van der Waals surface area contributed by atoms with Crippen LogP contribution in [0.15, 0.2) is 42.0 Å². The monoisotopic (exact) mass is 431 g/mol. The number of aromatic nitrogens is 2. The van der Waals surface area contributed by atoms with Crippen molar-refractivity contribution in [1.29, 1.82) is 0 Å². The van der Waals surface area contributed by atoms with E-state index in [4.69, 9.17) is 5.73 Å². The predicted octanol–water partition coefficient (Wildman–Crippen LogP) is 2.63. The number of pyridine rings is 1. The molecule has 0 spiro atoms. The minimum absolute atomic E-state index is 0.0400. The first-order valence-corrected chi connectivity index (χ1v) is 10.2. The summed E-state index contributed by atoms with van der Waals surface area (Å²) in [4.78, 5) is 22.8. The molecule has 1 fully saturated rings. The van der Waals surface area contributed by atoms with E-state index < -0.39 is 29.7 Å². The van der Waals surface area contributed by atoms with E-state index >= 15 is 0 Å². The van der Waals surface area contributed by atoms with Crippen molar-refractivity contribution in [2.24, 2.45) is 5.73 Å². The predicted molar refractivity (Wildman–Crippen MR) is 110 cm³/mol. The van der Waals surface area contributed by atoms with Crippen molar-refractivity contribution in [2.75, 3.05) is 23.3 Å². The standard InChI is InChI=1S/C20H19F2N5O2S/c21-11-2-1-3-12(22)18(11)20-26-15(10-30-20)19(29)25-14-8-24-6-4-16(14)27-7-5-17(28)13(23)9-27/h1-4,6,8,10,13,17,28H,5,7,9,23H2,(H,25,29)/t13-,17-/m0/s1. The SMILES string of the molecule is N[C@H]1CN(c2ccncc2NC(=O)c2csc(-c3c(F)cccc3F)n2)CC[C@@H]1O. The van der Waals surface area contributed by atoms with Crippen LogP contribution in [0.5, 0.6) is 0 Å². The van der Waals surface area contributed by atoms with E-state index in [0.717, 1.165) is 29.2 Å². The van der Waals surface area contributed by atoms with Gasteiger partial charge >= 0.3 is 0 Å². The number of amides is 1. The average Bonchev–Trinajstić information content (AvgIpc) is 3.20. The number of nitrogens with zero attached hydrogens (tertiary/aromatic N) is 3. The highest BCUT2D eigenvalue weighted by Crippen LogP contribution is 2.30. The number of nitrogens with two attached hydrogens (primary N) is 1. The Morgan fingerprint density at radius 3 is 2.80 bits per heavy atom. The largest absolute Gasteiger partial charge is 0.391 e. The van der Waals surface area contributed by atoms with Crippen LogP contribution in [0.25, 0.3) is 10.6 Å². The van der Waals surface area contributed by atoms with E-state index in [1.807, 2.05) is 4.90 Å². The molecule has 0 saturated carbocycles. The Bertz CT molecular complexity index is 1060. The number of thiazole rings is 1. The van der Waals surface area contributed by atoms with E-state index in [9.17, 15) is 18.7 Å². The second-order valence-electron chi connectivity index (χ2n) is 6.95. The maximum Gasteiger partial charge on any atom is 0.275 e. The number of carbonyl (C=O) groups excluding carboxylic acids is 1. The number of piperidine rings is 1. The summed E-state index contributed by atoms with van der Waals surface area (Å²) >= 11 is 0.980. The van der Waals surface area contributed by atoms with Gasteiger partial charge in [-0.25, -0.2) is 13.8 Å². The Kier molecular flexibility index (Phi) is 5.71. The van der Waals surface area contributed by atoms with Crippen molar-refractivity contribution in [1.82, 2.24) is 9.97 Å². The molecule has 0 aliphatic carbocycles. The molecule has 1 aromatic carbocycles. The second-order valence-corrected chi connectivity index (χ2v) is 7.81. The Labute approximate surface area is 175 Å². The van der Waals surface area contributed by atoms with Crippen molar-refractivity contribution in [3.63, 3.8) is 0 Å². The highest BCUT2D eigenvalue weighted by Gasteiger charge is 2.26. The number of rotatable bonds is 4. The fourth-order valence-electron chi connectivity index (χ4n) is 3.33. The normalized spacial score (nSPS) is 19.0. The van der Waals surface area contributed by atoms with E-state index in [2.05, 4.69) is 15.3 Å². The first-order valence-electron chi connectivity index (χ1n) is 9.28. The maximum atomic E-state index is 14.0. The molecule has 156 valence electrons. The van der Waals surface area contributed by atoms with Gasteiger partial charge in [-0.3, -0.25) is 9.78 Å². The van der Waals surface area contributed by atoms with Crippen LogP contribution in [0.1, 0.15) is 16.9 Å². The maximum absolute atomic E-state index is 14.0. The number of hydrogen-bond acceptors (Lipinski definition) is 7. The first kappa shape index (κ1) is 20.3. The molecule has 0 unspecified atom stereocenters. The number of aliphatic hydroxyl groups excluding tert-OH is 1. The Morgan fingerprint density at radius 1 is 1.30 bits per heavy atom. The molecule has 2 aromatic heterocycles. The van der Waals surface area contributed by atoms with E-state index in [1.165, 1.54) is 17.6 Å². The zero-order chi connectivity index (χ0) is 21.3. The van der Waals surface area contributed by atoms with Gasteiger partial charge in [0.05, 0.1) is 29.2 Å². The van der Waals surface area contributed by atoms with Crippen molar-refractivity contribution < 1.29 is 18.7 Å². The summed E-state index contributed by atoms with van der Waals surface area (Å²) < 4.78 is 28.0. The van der Waals surface area contributed by atoms with Gasteiger partial charge in [-0.15, -0.1) is 11.3 Å². The van der Waals surface area contributed by atoms with Gasteiger partial charge in [0.2, 0.25) is 0 Å². The molecule has 7 nitrogen and oxygen atoms in total. The van der Waals surface area contributed by atoms with Crippen molar-refractivity contribution in [3.05, 3.63) is 59.4 Å². The fraction of sp³-hybridized carbons (Fsp3) is 0.250. The van der Waals surface area contributed by atoms with Crippen LogP contribution < -0.4 is 16.0 Å². The Morgan fingerprint density at radius 2 is 2.07 bits per heavy atom. The highest BCUT2D eigenvalue weighted by atomic mass is 32.1. The molecule has 1 aliphatic heterocycles. The molecule has 10 heteroatoms. The van der Waals surface area contributed by atoms with Crippen LogP contribution in [0.3, 0.4) is 0 Å². The van der Waals surface area contributed by atoms with Crippen LogP contribution in [-0.2, 0) is 0 Å². The van der Waals surface area contributed by atoms with Gasteiger partial charge in [0.1, 0.15) is 22.3 Å². The lowest BCUT2D eigenvalue weighted by Gasteiger charge is -2.36. The van der Waals surface area contributed by atoms with Crippen LogP contribution in [0.4, 0.5) is 20.2 Å². The van der Waals surface area contributed by atoms with Gasteiger partial charge in [-0.2, -0.15) is 0 Å². The van der Waals surface area contributed by atoms with Crippen molar-refractivity contribution >= 4 is 28.6 Å². The number of nitrogens with one attached hydrogen (secondary N) is 1. The van der Waals surface area contributed by atoms with Crippen LogP contribution in [0, 0.1) is 11.6 Å². The summed E-state index contributed by atoms with van der Waals surface area (Å²) in [6.07, 6.45) is 3.06. The number of benzene rings is 1. The molecule has 1 amide bonds.